The van der Waals surface area contributed by atoms with Gasteiger partial charge in [-0.15, -0.1) is 0 Å². The topological polar surface area (TPSA) is 36.9 Å². The normalized spacial score (nSPS) is 18.4. The van der Waals surface area contributed by atoms with E-state index in [0.29, 0.717) is 19.1 Å². The first kappa shape index (κ1) is 13.0. The maximum absolute atomic E-state index is 5.43. The molecule has 0 bridgehead atoms. The van der Waals surface area contributed by atoms with Gasteiger partial charge in [0.15, 0.2) is 0 Å². The summed E-state index contributed by atoms with van der Waals surface area (Å²) in [4.78, 5) is 0. The van der Waals surface area contributed by atoms with Crippen LogP contribution >= 0.6 is 0 Å². The van der Waals surface area contributed by atoms with Gasteiger partial charge < -0.3 is 18.7 Å². The SMILES string of the molecule is CCCCC1COB(OCCOC)OC1. The van der Waals surface area contributed by atoms with Crippen LogP contribution in [-0.4, -0.2) is 40.9 Å². The van der Waals surface area contributed by atoms with Gasteiger partial charge >= 0.3 is 7.32 Å². The Morgan fingerprint density at radius 2 is 2.00 bits per heavy atom. The van der Waals surface area contributed by atoms with E-state index < -0.39 is 7.32 Å². The van der Waals surface area contributed by atoms with Crippen molar-refractivity contribution >= 4 is 7.32 Å². The number of methoxy groups -OCH3 is 1. The van der Waals surface area contributed by atoms with Crippen molar-refractivity contribution in [1.82, 2.24) is 0 Å². The van der Waals surface area contributed by atoms with Crippen molar-refractivity contribution in [2.75, 3.05) is 33.5 Å². The molecule has 1 rings (SSSR count). The van der Waals surface area contributed by atoms with Crippen molar-refractivity contribution in [3.05, 3.63) is 0 Å². The van der Waals surface area contributed by atoms with E-state index in [1.54, 1.807) is 7.11 Å². The molecule has 4 nitrogen and oxygen atoms in total. The predicted molar refractivity (Wildman–Crippen MR) is 58.5 cm³/mol. The van der Waals surface area contributed by atoms with Crippen molar-refractivity contribution in [3.63, 3.8) is 0 Å². The highest BCUT2D eigenvalue weighted by molar-refractivity contribution is 6.36. The minimum Gasteiger partial charge on any atom is -0.386 e. The molecule has 0 saturated carbocycles. The van der Waals surface area contributed by atoms with E-state index in [4.69, 9.17) is 18.7 Å². The average molecular weight is 216 g/mol. The summed E-state index contributed by atoms with van der Waals surface area (Å²) in [6.45, 7) is 4.78. The minimum absolute atomic E-state index is 0.488. The van der Waals surface area contributed by atoms with Gasteiger partial charge in [0.25, 0.3) is 0 Å². The molecule has 0 aromatic carbocycles. The molecule has 0 aromatic heterocycles. The molecule has 1 aliphatic rings. The molecule has 1 fully saturated rings. The lowest BCUT2D eigenvalue weighted by Gasteiger charge is -2.26. The molecule has 0 radical (unpaired) electrons. The van der Waals surface area contributed by atoms with Gasteiger partial charge in [-0.3, -0.25) is 0 Å². The van der Waals surface area contributed by atoms with E-state index in [2.05, 4.69) is 6.92 Å². The summed E-state index contributed by atoms with van der Waals surface area (Å²) in [5.41, 5.74) is 0. The molecule has 0 aliphatic carbocycles. The average Bonchev–Trinajstić information content (AvgIpc) is 2.28. The minimum atomic E-state index is -0.488. The molecule has 5 heteroatoms. The van der Waals surface area contributed by atoms with Gasteiger partial charge in [-0.05, 0) is 6.42 Å². The Labute approximate surface area is 92.4 Å². The Kier molecular flexibility index (Phi) is 7.01. The van der Waals surface area contributed by atoms with Crippen molar-refractivity contribution in [2.45, 2.75) is 26.2 Å². The highest BCUT2D eigenvalue weighted by atomic mass is 16.7. The van der Waals surface area contributed by atoms with Crippen LogP contribution in [0, 0.1) is 5.92 Å². The molecule has 1 heterocycles. The van der Waals surface area contributed by atoms with Gasteiger partial charge in [0.2, 0.25) is 0 Å². The van der Waals surface area contributed by atoms with Gasteiger partial charge in [-0.25, -0.2) is 0 Å². The first-order valence-electron chi connectivity index (χ1n) is 5.70. The van der Waals surface area contributed by atoms with Crippen LogP contribution in [-0.2, 0) is 18.7 Å². The molecule has 15 heavy (non-hydrogen) atoms. The fraction of sp³-hybridized carbons (Fsp3) is 1.00. The third kappa shape index (κ3) is 5.51. The van der Waals surface area contributed by atoms with E-state index in [9.17, 15) is 0 Å². The Bertz CT molecular complexity index is 148. The van der Waals surface area contributed by atoms with Crippen molar-refractivity contribution in [1.29, 1.82) is 0 Å². The zero-order chi connectivity index (χ0) is 10.9. The first-order valence-corrected chi connectivity index (χ1v) is 5.70. The molecule has 88 valence electrons. The summed E-state index contributed by atoms with van der Waals surface area (Å²) in [5, 5.41) is 0. The summed E-state index contributed by atoms with van der Waals surface area (Å²) >= 11 is 0. The maximum Gasteiger partial charge on any atom is 0.639 e. The van der Waals surface area contributed by atoms with Crippen LogP contribution in [0.1, 0.15) is 26.2 Å². The summed E-state index contributed by atoms with van der Waals surface area (Å²) < 4.78 is 21.0. The second kappa shape index (κ2) is 8.10. The fourth-order valence-corrected chi connectivity index (χ4v) is 1.51. The predicted octanol–water partition coefficient (Wildman–Crippen LogP) is 1.49. The van der Waals surface area contributed by atoms with Gasteiger partial charge in [-0.1, -0.05) is 19.8 Å². The molecular formula is C10H21BO4. The van der Waals surface area contributed by atoms with Gasteiger partial charge in [-0.2, -0.15) is 0 Å². The summed E-state index contributed by atoms with van der Waals surface area (Å²) in [6, 6.07) is 0. The standard InChI is InChI=1S/C10H21BO4/c1-3-4-5-10-8-14-11(15-9-10)13-7-6-12-2/h10H,3-9H2,1-2H3. The van der Waals surface area contributed by atoms with Crippen molar-refractivity contribution in [2.24, 2.45) is 5.92 Å². The van der Waals surface area contributed by atoms with Crippen LogP contribution in [0.15, 0.2) is 0 Å². The smallest absolute Gasteiger partial charge is 0.386 e. The summed E-state index contributed by atoms with van der Waals surface area (Å²) in [7, 11) is 1.16. The third-order valence-electron chi connectivity index (χ3n) is 2.44. The van der Waals surface area contributed by atoms with Gasteiger partial charge in [0, 0.05) is 26.2 Å². The highest BCUT2D eigenvalue weighted by Gasteiger charge is 2.29. The monoisotopic (exact) mass is 216 g/mol. The number of unbranched alkanes of at least 4 members (excludes halogenated alkanes) is 1. The van der Waals surface area contributed by atoms with Gasteiger partial charge in [0.05, 0.1) is 13.2 Å². The molecule has 0 atom stereocenters. The van der Waals surface area contributed by atoms with Crippen molar-refractivity contribution in [3.8, 4) is 0 Å². The third-order valence-corrected chi connectivity index (χ3v) is 2.44. The zero-order valence-electron chi connectivity index (χ0n) is 9.74. The zero-order valence-corrected chi connectivity index (χ0v) is 9.74. The largest absolute Gasteiger partial charge is 0.639 e. The molecule has 0 spiro atoms. The molecule has 1 saturated heterocycles. The van der Waals surface area contributed by atoms with Crippen LogP contribution in [0.4, 0.5) is 0 Å². The molecule has 0 aromatic rings. The van der Waals surface area contributed by atoms with Crippen LogP contribution in [0.3, 0.4) is 0 Å². The lowest BCUT2D eigenvalue weighted by Crippen LogP contribution is -2.38. The van der Waals surface area contributed by atoms with E-state index in [1.807, 2.05) is 0 Å². The fourth-order valence-electron chi connectivity index (χ4n) is 1.51. The quantitative estimate of drug-likeness (QED) is 0.477. The Balaban J connectivity index is 2.02. The lowest BCUT2D eigenvalue weighted by atomic mass is 10.0. The molecule has 0 unspecified atom stereocenters. The number of rotatable bonds is 7. The molecular weight excluding hydrogens is 195 g/mol. The highest BCUT2D eigenvalue weighted by Crippen LogP contribution is 2.15. The Morgan fingerprint density at radius 1 is 1.27 bits per heavy atom. The van der Waals surface area contributed by atoms with E-state index >= 15 is 0 Å². The number of hydrogen-bond acceptors (Lipinski definition) is 4. The van der Waals surface area contributed by atoms with Crippen LogP contribution < -0.4 is 0 Å². The number of ether oxygens (including phenoxy) is 1. The van der Waals surface area contributed by atoms with E-state index in [-0.39, 0.29) is 0 Å². The van der Waals surface area contributed by atoms with E-state index in [1.165, 1.54) is 19.3 Å². The lowest BCUT2D eigenvalue weighted by molar-refractivity contribution is 0.00588. The van der Waals surface area contributed by atoms with Crippen LogP contribution in [0.2, 0.25) is 0 Å². The first-order chi connectivity index (χ1) is 7.36. The summed E-state index contributed by atoms with van der Waals surface area (Å²) in [5.74, 6) is 0.534. The Morgan fingerprint density at radius 3 is 2.60 bits per heavy atom. The maximum atomic E-state index is 5.43. The molecule has 0 amide bonds. The van der Waals surface area contributed by atoms with Crippen LogP contribution in [0.5, 0.6) is 0 Å². The van der Waals surface area contributed by atoms with Crippen LogP contribution in [0.25, 0.3) is 0 Å². The van der Waals surface area contributed by atoms with Gasteiger partial charge in [0.1, 0.15) is 0 Å². The Hall–Kier alpha value is -0.0951. The van der Waals surface area contributed by atoms with E-state index in [0.717, 1.165) is 13.2 Å². The van der Waals surface area contributed by atoms with Crippen molar-refractivity contribution < 1.29 is 18.7 Å². The second-order valence-corrected chi connectivity index (χ2v) is 3.83. The number of hydrogen-bond donors (Lipinski definition) is 0. The molecule has 0 N–H and O–H groups in total. The second-order valence-electron chi connectivity index (χ2n) is 3.83. The summed E-state index contributed by atoms with van der Waals surface area (Å²) in [6.07, 6.45) is 3.65. The molecule has 1 aliphatic heterocycles.